The highest BCUT2D eigenvalue weighted by molar-refractivity contribution is 5.68. The minimum Gasteiger partial charge on any atom is -0.303 e. The van der Waals surface area contributed by atoms with Crippen molar-refractivity contribution in [1.82, 2.24) is 10.2 Å². The smallest absolute Gasteiger partial charge is 0.270 e. The standard InChI is InChI=1S/C16H15N3O3/c1-10-5-12(9-20)14-8-15(17-18-16(14)6-10)11-3-2-4-13(7-11)19(21)22/h2-4,7-10,12H,5-6H2,1H3. The number of nitro benzene ring substituents is 1. The van der Waals surface area contributed by atoms with E-state index in [4.69, 9.17) is 0 Å². The van der Waals surface area contributed by atoms with Crippen molar-refractivity contribution in [3.63, 3.8) is 0 Å². The number of carbonyl (C=O) groups is 1. The van der Waals surface area contributed by atoms with Gasteiger partial charge in [0.15, 0.2) is 0 Å². The number of fused-ring (bicyclic) bond motifs is 1. The third kappa shape index (κ3) is 2.59. The molecule has 6 heteroatoms. The van der Waals surface area contributed by atoms with Gasteiger partial charge in [0.2, 0.25) is 0 Å². The van der Waals surface area contributed by atoms with Crippen LogP contribution in [0.4, 0.5) is 5.69 Å². The van der Waals surface area contributed by atoms with E-state index in [2.05, 4.69) is 17.1 Å². The Morgan fingerprint density at radius 3 is 2.86 bits per heavy atom. The van der Waals surface area contributed by atoms with Crippen LogP contribution < -0.4 is 0 Å². The summed E-state index contributed by atoms with van der Waals surface area (Å²) in [5.74, 6) is 0.229. The third-order valence-electron chi connectivity index (χ3n) is 4.02. The third-order valence-corrected chi connectivity index (χ3v) is 4.02. The van der Waals surface area contributed by atoms with Crippen LogP contribution in [0.1, 0.15) is 30.5 Å². The fourth-order valence-corrected chi connectivity index (χ4v) is 2.93. The Balaban J connectivity index is 2.05. The van der Waals surface area contributed by atoms with Crippen LogP contribution in [0, 0.1) is 16.0 Å². The zero-order valence-electron chi connectivity index (χ0n) is 12.1. The van der Waals surface area contributed by atoms with E-state index in [1.807, 2.05) is 6.07 Å². The van der Waals surface area contributed by atoms with Gasteiger partial charge in [-0.25, -0.2) is 0 Å². The average molecular weight is 297 g/mol. The van der Waals surface area contributed by atoms with Crippen LogP contribution in [-0.4, -0.2) is 21.4 Å². The zero-order chi connectivity index (χ0) is 15.7. The molecule has 0 fully saturated rings. The molecule has 0 saturated heterocycles. The Hall–Kier alpha value is -2.63. The first-order valence-corrected chi connectivity index (χ1v) is 7.15. The molecule has 0 amide bonds. The van der Waals surface area contributed by atoms with Gasteiger partial charge in [0.25, 0.3) is 5.69 Å². The summed E-state index contributed by atoms with van der Waals surface area (Å²) in [5, 5.41) is 19.3. The topological polar surface area (TPSA) is 86.0 Å². The van der Waals surface area contributed by atoms with Gasteiger partial charge in [-0.2, -0.15) is 10.2 Å². The molecule has 3 rings (SSSR count). The Kier molecular flexibility index (Phi) is 3.66. The first kappa shape index (κ1) is 14.3. The Bertz CT molecular complexity index is 745. The molecular weight excluding hydrogens is 282 g/mol. The number of nitrogens with zero attached hydrogens (tertiary/aromatic N) is 3. The van der Waals surface area contributed by atoms with E-state index >= 15 is 0 Å². The van der Waals surface area contributed by atoms with Gasteiger partial charge in [0.1, 0.15) is 6.29 Å². The van der Waals surface area contributed by atoms with E-state index in [0.29, 0.717) is 17.2 Å². The molecule has 0 aliphatic heterocycles. The second-order valence-corrected chi connectivity index (χ2v) is 5.73. The van der Waals surface area contributed by atoms with Crippen molar-refractivity contribution in [3.05, 3.63) is 51.7 Å². The van der Waals surface area contributed by atoms with Gasteiger partial charge in [0.05, 0.1) is 16.3 Å². The van der Waals surface area contributed by atoms with Crippen molar-refractivity contribution in [1.29, 1.82) is 0 Å². The van der Waals surface area contributed by atoms with Crippen molar-refractivity contribution < 1.29 is 9.72 Å². The number of nitro groups is 1. The fraction of sp³-hybridized carbons (Fsp3) is 0.312. The van der Waals surface area contributed by atoms with E-state index < -0.39 is 4.92 Å². The molecular formula is C16H15N3O3. The highest BCUT2D eigenvalue weighted by Crippen LogP contribution is 2.34. The van der Waals surface area contributed by atoms with Crippen molar-refractivity contribution in [2.24, 2.45) is 5.92 Å². The minimum atomic E-state index is -0.439. The predicted molar refractivity (Wildman–Crippen MR) is 80.4 cm³/mol. The maximum absolute atomic E-state index is 11.3. The number of carbonyl (C=O) groups excluding carboxylic acids is 1. The number of aromatic nitrogens is 2. The molecule has 0 radical (unpaired) electrons. The Morgan fingerprint density at radius 2 is 2.14 bits per heavy atom. The van der Waals surface area contributed by atoms with Gasteiger partial charge in [-0.3, -0.25) is 10.1 Å². The van der Waals surface area contributed by atoms with Crippen LogP contribution in [0.2, 0.25) is 0 Å². The van der Waals surface area contributed by atoms with Gasteiger partial charge in [-0.05, 0) is 30.4 Å². The number of non-ortho nitro benzene ring substituents is 1. The van der Waals surface area contributed by atoms with Crippen LogP contribution in [0.5, 0.6) is 0 Å². The van der Waals surface area contributed by atoms with E-state index in [9.17, 15) is 14.9 Å². The quantitative estimate of drug-likeness (QED) is 0.494. The van der Waals surface area contributed by atoms with Crippen LogP contribution in [0.15, 0.2) is 30.3 Å². The molecule has 1 aromatic heterocycles. The molecule has 2 atom stereocenters. The van der Waals surface area contributed by atoms with Crippen LogP contribution in [0.3, 0.4) is 0 Å². The molecule has 1 aromatic carbocycles. The number of rotatable bonds is 3. The molecule has 6 nitrogen and oxygen atoms in total. The number of hydrogen-bond acceptors (Lipinski definition) is 5. The Morgan fingerprint density at radius 1 is 1.32 bits per heavy atom. The number of aldehydes is 1. The van der Waals surface area contributed by atoms with Crippen LogP contribution in [0.25, 0.3) is 11.3 Å². The molecule has 0 bridgehead atoms. The minimum absolute atomic E-state index is 0.0116. The van der Waals surface area contributed by atoms with Gasteiger partial charge in [-0.1, -0.05) is 19.1 Å². The molecule has 0 N–H and O–H groups in total. The molecule has 22 heavy (non-hydrogen) atoms. The van der Waals surface area contributed by atoms with Crippen molar-refractivity contribution in [2.75, 3.05) is 0 Å². The molecule has 112 valence electrons. The lowest BCUT2D eigenvalue weighted by Gasteiger charge is -2.25. The summed E-state index contributed by atoms with van der Waals surface area (Å²) in [6.07, 6.45) is 2.56. The van der Waals surface area contributed by atoms with Crippen molar-refractivity contribution >= 4 is 12.0 Å². The summed E-state index contributed by atoms with van der Waals surface area (Å²) in [4.78, 5) is 21.8. The maximum Gasteiger partial charge on any atom is 0.270 e. The summed E-state index contributed by atoms with van der Waals surface area (Å²) in [6, 6.07) is 8.12. The van der Waals surface area contributed by atoms with Gasteiger partial charge >= 0.3 is 0 Å². The second-order valence-electron chi connectivity index (χ2n) is 5.73. The lowest BCUT2D eigenvalue weighted by Crippen LogP contribution is -2.19. The van der Waals surface area contributed by atoms with Crippen molar-refractivity contribution in [2.45, 2.75) is 25.7 Å². The molecule has 1 heterocycles. The summed E-state index contributed by atoms with van der Waals surface area (Å²) < 4.78 is 0. The van der Waals surface area contributed by atoms with E-state index in [0.717, 1.165) is 30.4 Å². The van der Waals surface area contributed by atoms with E-state index in [1.165, 1.54) is 12.1 Å². The van der Waals surface area contributed by atoms with E-state index in [-0.39, 0.29) is 11.6 Å². The first-order valence-electron chi connectivity index (χ1n) is 7.15. The van der Waals surface area contributed by atoms with Gasteiger partial charge in [-0.15, -0.1) is 0 Å². The molecule has 1 aliphatic rings. The molecule has 1 aliphatic carbocycles. The van der Waals surface area contributed by atoms with Crippen LogP contribution >= 0.6 is 0 Å². The lowest BCUT2D eigenvalue weighted by atomic mass is 9.80. The highest BCUT2D eigenvalue weighted by Gasteiger charge is 2.26. The fourth-order valence-electron chi connectivity index (χ4n) is 2.93. The summed E-state index contributed by atoms with van der Waals surface area (Å²) in [5.41, 5.74) is 2.95. The SMILES string of the molecule is CC1Cc2nnc(-c3cccc([N+](=O)[O-])c3)cc2C(C=O)C1. The average Bonchev–Trinajstić information content (AvgIpc) is 2.53. The molecule has 0 spiro atoms. The maximum atomic E-state index is 11.3. The Labute approximate surface area is 127 Å². The second kappa shape index (κ2) is 5.63. The highest BCUT2D eigenvalue weighted by atomic mass is 16.6. The normalized spacial score (nSPS) is 20.2. The van der Waals surface area contributed by atoms with Crippen LogP contribution in [-0.2, 0) is 11.2 Å². The van der Waals surface area contributed by atoms with Gasteiger partial charge < -0.3 is 4.79 Å². The summed E-state index contributed by atoms with van der Waals surface area (Å²) >= 11 is 0. The molecule has 0 saturated carbocycles. The summed E-state index contributed by atoms with van der Waals surface area (Å²) in [7, 11) is 0. The number of hydrogen-bond donors (Lipinski definition) is 0. The number of benzene rings is 1. The largest absolute Gasteiger partial charge is 0.303 e. The van der Waals surface area contributed by atoms with E-state index in [1.54, 1.807) is 12.1 Å². The molecule has 2 unspecified atom stereocenters. The summed E-state index contributed by atoms with van der Waals surface area (Å²) in [6.45, 7) is 2.09. The first-order chi connectivity index (χ1) is 10.6. The zero-order valence-corrected chi connectivity index (χ0v) is 12.1. The lowest BCUT2D eigenvalue weighted by molar-refractivity contribution is -0.384. The monoisotopic (exact) mass is 297 g/mol. The van der Waals surface area contributed by atoms with Crippen molar-refractivity contribution in [3.8, 4) is 11.3 Å². The van der Waals surface area contributed by atoms with Gasteiger partial charge in [0, 0.05) is 23.6 Å². The predicted octanol–water partition coefficient (Wildman–Crippen LogP) is 2.92. The molecule has 2 aromatic rings.